The van der Waals surface area contributed by atoms with Gasteiger partial charge in [-0.15, -0.1) is 0 Å². The van der Waals surface area contributed by atoms with Crippen molar-refractivity contribution in [2.45, 2.75) is 52.7 Å². The lowest BCUT2D eigenvalue weighted by Crippen LogP contribution is -2.49. The molecule has 2 amide bonds. The molecule has 0 saturated heterocycles. The van der Waals surface area contributed by atoms with Crippen molar-refractivity contribution in [2.75, 3.05) is 20.2 Å². The summed E-state index contributed by atoms with van der Waals surface area (Å²) in [5, 5.41) is 5.86. The van der Waals surface area contributed by atoms with Gasteiger partial charge >= 0.3 is 0 Å². The number of nitrogens with one attached hydrogen (secondary N) is 2. The second kappa shape index (κ2) is 10.0. The van der Waals surface area contributed by atoms with Crippen molar-refractivity contribution in [1.82, 2.24) is 15.5 Å². The summed E-state index contributed by atoms with van der Waals surface area (Å²) < 4.78 is 5.35. The first-order valence-electron chi connectivity index (χ1n) is 8.76. The molecule has 0 radical (unpaired) electrons. The van der Waals surface area contributed by atoms with Crippen molar-refractivity contribution in [3.05, 3.63) is 29.8 Å². The first-order valence-corrected chi connectivity index (χ1v) is 8.76. The molecule has 140 valence electrons. The predicted octanol–water partition coefficient (Wildman–Crippen LogP) is 2.11. The minimum absolute atomic E-state index is 0.0747. The van der Waals surface area contributed by atoms with E-state index < -0.39 is 6.04 Å². The van der Waals surface area contributed by atoms with E-state index in [0.29, 0.717) is 6.54 Å². The van der Waals surface area contributed by atoms with Crippen LogP contribution in [0.5, 0.6) is 5.75 Å². The Balaban J connectivity index is 2.72. The Kier molecular flexibility index (Phi) is 8.41. The molecule has 1 aromatic carbocycles. The Morgan fingerprint density at radius 2 is 1.76 bits per heavy atom. The topological polar surface area (TPSA) is 70.7 Å². The summed E-state index contributed by atoms with van der Waals surface area (Å²) in [6.07, 6.45) is 0. The molecule has 2 N–H and O–H groups in total. The molecule has 1 aromatic rings. The molecule has 25 heavy (non-hydrogen) atoms. The van der Waals surface area contributed by atoms with Gasteiger partial charge < -0.3 is 15.4 Å². The standard InChI is InChI=1S/C19H31N3O3/c1-7-22(12-18(23)20-13(2)3)15(5)19(24)21-14(4)16-10-8-9-11-17(16)25-6/h8-11,13-15H,7,12H2,1-6H3,(H,20,23)(H,21,24). The maximum atomic E-state index is 12.6. The first kappa shape index (κ1) is 21.0. The van der Waals surface area contributed by atoms with Crippen molar-refractivity contribution < 1.29 is 14.3 Å². The van der Waals surface area contributed by atoms with Crippen molar-refractivity contribution in [1.29, 1.82) is 0 Å². The number of nitrogens with zero attached hydrogens (tertiary/aromatic N) is 1. The average Bonchev–Trinajstić information content (AvgIpc) is 2.58. The number of methoxy groups -OCH3 is 1. The van der Waals surface area contributed by atoms with Crippen LogP contribution in [0.2, 0.25) is 0 Å². The minimum Gasteiger partial charge on any atom is -0.496 e. The molecule has 0 bridgehead atoms. The summed E-state index contributed by atoms with van der Waals surface area (Å²) in [4.78, 5) is 26.4. The average molecular weight is 349 g/mol. The fraction of sp³-hybridized carbons (Fsp3) is 0.579. The lowest BCUT2D eigenvalue weighted by atomic mass is 10.1. The Morgan fingerprint density at radius 1 is 1.12 bits per heavy atom. The van der Waals surface area contributed by atoms with E-state index in [1.165, 1.54) is 0 Å². The number of hydrogen-bond donors (Lipinski definition) is 2. The molecule has 6 nitrogen and oxygen atoms in total. The molecule has 0 aliphatic heterocycles. The third kappa shape index (κ3) is 6.38. The van der Waals surface area contributed by atoms with Crippen molar-refractivity contribution in [2.24, 2.45) is 0 Å². The van der Waals surface area contributed by atoms with Crippen LogP contribution in [0, 0.1) is 0 Å². The van der Waals surface area contributed by atoms with Gasteiger partial charge in [-0.05, 0) is 40.3 Å². The number of rotatable bonds is 9. The summed E-state index contributed by atoms with van der Waals surface area (Å²) in [6.45, 7) is 10.3. The quantitative estimate of drug-likeness (QED) is 0.716. The van der Waals surface area contributed by atoms with Crippen LogP contribution in [0.1, 0.15) is 46.2 Å². The van der Waals surface area contributed by atoms with Crippen LogP contribution in [-0.2, 0) is 9.59 Å². The monoisotopic (exact) mass is 349 g/mol. The second-order valence-electron chi connectivity index (χ2n) is 6.43. The van der Waals surface area contributed by atoms with Crippen molar-refractivity contribution in [3.8, 4) is 5.75 Å². The molecule has 2 unspecified atom stereocenters. The van der Waals surface area contributed by atoms with Gasteiger partial charge in [0.1, 0.15) is 5.75 Å². The van der Waals surface area contributed by atoms with Gasteiger partial charge in [0.2, 0.25) is 11.8 Å². The highest BCUT2D eigenvalue weighted by molar-refractivity contribution is 5.83. The Hall–Kier alpha value is -2.08. The highest BCUT2D eigenvalue weighted by atomic mass is 16.5. The van der Waals surface area contributed by atoms with Crippen LogP contribution < -0.4 is 15.4 Å². The number of carbonyl (C=O) groups excluding carboxylic acids is 2. The largest absolute Gasteiger partial charge is 0.496 e. The van der Waals surface area contributed by atoms with Crippen LogP contribution in [0.3, 0.4) is 0 Å². The molecular formula is C19H31N3O3. The third-order valence-corrected chi connectivity index (χ3v) is 4.09. The van der Waals surface area contributed by atoms with E-state index in [9.17, 15) is 9.59 Å². The van der Waals surface area contributed by atoms with E-state index in [4.69, 9.17) is 4.74 Å². The van der Waals surface area contributed by atoms with Gasteiger partial charge in [-0.25, -0.2) is 0 Å². The molecule has 6 heteroatoms. The molecule has 2 atom stereocenters. The first-order chi connectivity index (χ1) is 11.8. The zero-order chi connectivity index (χ0) is 19.0. The molecule has 0 aliphatic carbocycles. The summed E-state index contributed by atoms with van der Waals surface area (Å²) in [5.41, 5.74) is 0.922. The summed E-state index contributed by atoms with van der Waals surface area (Å²) in [7, 11) is 1.61. The highest BCUT2D eigenvalue weighted by Gasteiger charge is 2.24. The number of benzene rings is 1. The Labute approximate surface area is 150 Å². The zero-order valence-electron chi connectivity index (χ0n) is 16.1. The van der Waals surface area contributed by atoms with Gasteiger partial charge in [0.25, 0.3) is 0 Å². The third-order valence-electron chi connectivity index (χ3n) is 4.09. The van der Waals surface area contributed by atoms with E-state index in [1.54, 1.807) is 7.11 Å². The molecule has 1 rings (SSSR count). The summed E-state index contributed by atoms with van der Waals surface area (Å²) in [5.74, 6) is 0.554. The SMILES string of the molecule is CCN(CC(=O)NC(C)C)C(C)C(=O)NC(C)c1ccccc1OC. The van der Waals surface area contributed by atoms with Gasteiger partial charge in [0, 0.05) is 11.6 Å². The number of carbonyl (C=O) groups is 2. The summed E-state index contributed by atoms with van der Waals surface area (Å²) in [6, 6.07) is 7.11. The fourth-order valence-electron chi connectivity index (χ4n) is 2.68. The van der Waals surface area contributed by atoms with Crippen LogP contribution >= 0.6 is 0 Å². The van der Waals surface area contributed by atoms with Gasteiger partial charge in [0.15, 0.2) is 0 Å². The highest BCUT2D eigenvalue weighted by Crippen LogP contribution is 2.24. The molecule has 0 aromatic heterocycles. The van der Waals surface area contributed by atoms with Gasteiger partial charge in [-0.2, -0.15) is 0 Å². The lowest BCUT2D eigenvalue weighted by molar-refractivity contribution is -0.129. The van der Waals surface area contributed by atoms with Crippen molar-refractivity contribution in [3.63, 3.8) is 0 Å². The Morgan fingerprint density at radius 3 is 2.32 bits per heavy atom. The molecular weight excluding hydrogens is 318 g/mol. The van der Waals surface area contributed by atoms with Crippen molar-refractivity contribution >= 4 is 11.8 Å². The number of ether oxygens (including phenoxy) is 1. The normalized spacial score (nSPS) is 13.4. The van der Waals surface area contributed by atoms with Gasteiger partial charge in [-0.1, -0.05) is 25.1 Å². The summed E-state index contributed by atoms with van der Waals surface area (Å²) >= 11 is 0. The van der Waals surface area contributed by atoms with E-state index in [0.717, 1.165) is 11.3 Å². The maximum Gasteiger partial charge on any atom is 0.237 e. The molecule has 0 aliphatic rings. The van der Waals surface area contributed by atoms with E-state index >= 15 is 0 Å². The molecule has 0 heterocycles. The van der Waals surface area contributed by atoms with Crippen LogP contribution in [0.4, 0.5) is 0 Å². The predicted molar refractivity (Wildman–Crippen MR) is 99.5 cm³/mol. The lowest BCUT2D eigenvalue weighted by Gasteiger charge is -2.28. The number of amides is 2. The molecule has 0 spiro atoms. The van der Waals surface area contributed by atoms with Crippen LogP contribution in [0.15, 0.2) is 24.3 Å². The number of hydrogen-bond acceptors (Lipinski definition) is 4. The minimum atomic E-state index is -0.403. The number of para-hydroxylation sites is 1. The molecule has 0 fully saturated rings. The maximum absolute atomic E-state index is 12.6. The molecule has 0 saturated carbocycles. The Bertz CT molecular complexity index is 575. The van der Waals surface area contributed by atoms with Gasteiger partial charge in [-0.3, -0.25) is 14.5 Å². The van der Waals surface area contributed by atoms with Gasteiger partial charge in [0.05, 0.1) is 25.7 Å². The van der Waals surface area contributed by atoms with Crippen LogP contribution in [-0.4, -0.2) is 49.0 Å². The number of likely N-dealkylation sites (N-methyl/N-ethyl adjacent to an activating group) is 1. The fourth-order valence-corrected chi connectivity index (χ4v) is 2.68. The zero-order valence-corrected chi connectivity index (χ0v) is 16.1. The van der Waals surface area contributed by atoms with E-state index in [1.807, 2.05) is 63.8 Å². The van der Waals surface area contributed by atoms with Crippen LogP contribution in [0.25, 0.3) is 0 Å². The smallest absolute Gasteiger partial charge is 0.237 e. The second-order valence-corrected chi connectivity index (χ2v) is 6.43. The van der Waals surface area contributed by atoms with E-state index in [-0.39, 0.29) is 30.4 Å². The van der Waals surface area contributed by atoms with E-state index in [2.05, 4.69) is 10.6 Å².